The van der Waals surface area contributed by atoms with Crippen LogP contribution in [-0.2, 0) is 6.61 Å². The van der Waals surface area contributed by atoms with Gasteiger partial charge >= 0.3 is 0 Å². The number of aromatic nitrogens is 1. The molecule has 0 amide bonds. The Morgan fingerprint density at radius 2 is 1.83 bits per heavy atom. The van der Waals surface area contributed by atoms with Crippen molar-refractivity contribution in [3.8, 4) is 11.5 Å². The normalized spacial score (nSPS) is 10.9. The smallest absolute Gasteiger partial charge is 0.166 e. The molecule has 0 aliphatic carbocycles. The summed E-state index contributed by atoms with van der Waals surface area (Å²) < 4.78 is 6.00. The molecule has 0 fully saturated rings. The van der Waals surface area contributed by atoms with Gasteiger partial charge in [0.15, 0.2) is 5.78 Å². The zero-order valence-corrected chi connectivity index (χ0v) is 17.7. The van der Waals surface area contributed by atoms with E-state index in [2.05, 4.69) is 11.1 Å². The summed E-state index contributed by atoms with van der Waals surface area (Å²) in [6, 6.07) is 15.4. The molecule has 1 aromatic heterocycles. The molecular formula is C24H25NO3S. The maximum absolute atomic E-state index is 12.3. The van der Waals surface area contributed by atoms with E-state index in [4.69, 9.17) is 4.74 Å². The van der Waals surface area contributed by atoms with Gasteiger partial charge in [-0.2, -0.15) is 0 Å². The lowest BCUT2D eigenvalue weighted by atomic mass is 9.98. The van der Waals surface area contributed by atoms with Crippen LogP contribution in [0.15, 0.2) is 70.7 Å². The Morgan fingerprint density at radius 1 is 1.10 bits per heavy atom. The second kappa shape index (κ2) is 9.61. The van der Waals surface area contributed by atoms with Crippen molar-refractivity contribution in [2.45, 2.75) is 43.6 Å². The highest BCUT2D eigenvalue weighted by molar-refractivity contribution is 7.99. The van der Waals surface area contributed by atoms with E-state index in [9.17, 15) is 9.90 Å². The van der Waals surface area contributed by atoms with Gasteiger partial charge < -0.3 is 9.84 Å². The van der Waals surface area contributed by atoms with Crippen molar-refractivity contribution in [1.29, 1.82) is 0 Å². The van der Waals surface area contributed by atoms with E-state index in [-0.39, 0.29) is 17.5 Å². The van der Waals surface area contributed by atoms with Gasteiger partial charge in [-0.1, -0.05) is 43.8 Å². The Morgan fingerprint density at radius 3 is 2.55 bits per heavy atom. The Hall–Kier alpha value is -2.79. The molecule has 1 heterocycles. The summed E-state index contributed by atoms with van der Waals surface area (Å²) in [4.78, 5) is 18.6. The lowest BCUT2D eigenvalue weighted by Crippen LogP contribution is -2.05. The van der Waals surface area contributed by atoms with Gasteiger partial charge in [-0.05, 0) is 43.2 Å². The maximum atomic E-state index is 12.3. The van der Waals surface area contributed by atoms with Gasteiger partial charge in [0.05, 0.1) is 5.56 Å². The van der Waals surface area contributed by atoms with E-state index >= 15 is 0 Å². The number of carbonyl (C=O) groups is 1. The summed E-state index contributed by atoms with van der Waals surface area (Å²) in [6.07, 6.45) is 3.96. The predicted octanol–water partition coefficient (Wildman–Crippen LogP) is 6.05. The van der Waals surface area contributed by atoms with Crippen molar-refractivity contribution < 1.29 is 14.6 Å². The van der Waals surface area contributed by atoms with Gasteiger partial charge in [0.1, 0.15) is 18.1 Å². The summed E-state index contributed by atoms with van der Waals surface area (Å²) >= 11 is 1.65. The van der Waals surface area contributed by atoms with Crippen LogP contribution in [0.2, 0.25) is 0 Å². The van der Waals surface area contributed by atoms with Crippen LogP contribution in [0.25, 0.3) is 0 Å². The molecule has 2 aromatic carbocycles. The fraction of sp³-hybridized carbons (Fsp3) is 0.250. The zero-order chi connectivity index (χ0) is 20.8. The SMILES string of the molecule is Cc1c(OCc2ccccc2Sc2ccncc2)ccc(C(=O)CC(C)C)c1O. The Labute approximate surface area is 176 Å². The molecule has 0 unspecified atom stereocenters. The first-order valence-electron chi connectivity index (χ1n) is 9.60. The van der Waals surface area contributed by atoms with Crippen molar-refractivity contribution >= 4 is 17.5 Å². The fourth-order valence-electron chi connectivity index (χ4n) is 2.96. The van der Waals surface area contributed by atoms with E-state index in [1.807, 2.05) is 44.2 Å². The third kappa shape index (κ3) is 5.39. The highest BCUT2D eigenvalue weighted by Crippen LogP contribution is 2.34. The average molecular weight is 408 g/mol. The molecule has 0 aliphatic heterocycles. The van der Waals surface area contributed by atoms with Crippen molar-refractivity contribution in [2.24, 2.45) is 5.92 Å². The Bertz CT molecular complexity index is 987. The number of aromatic hydroxyl groups is 1. The number of rotatable bonds is 8. The van der Waals surface area contributed by atoms with Crippen LogP contribution < -0.4 is 4.74 Å². The topological polar surface area (TPSA) is 59.4 Å². The van der Waals surface area contributed by atoms with Crippen LogP contribution in [0.4, 0.5) is 0 Å². The van der Waals surface area contributed by atoms with Crippen LogP contribution in [-0.4, -0.2) is 15.9 Å². The van der Waals surface area contributed by atoms with Crippen LogP contribution in [0.3, 0.4) is 0 Å². The van der Waals surface area contributed by atoms with Gasteiger partial charge in [-0.25, -0.2) is 0 Å². The fourth-order valence-corrected chi connectivity index (χ4v) is 3.87. The number of phenols is 1. The number of hydrogen-bond acceptors (Lipinski definition) is 5. The van der Waals surface area contributed by atoms with Gasteiger partial charge in [0.2, 0.25) is 0 Å². The van der Waals surface area contributed by atoms with Crippen LogP contribution in [0.5, 0.6) is 11.5 Å². The molecule has 29 heavy (non-hydrogen) atoms. The minimum atomic E-state index is -0.0498. The molecule has 3 rings (SSSR count). The third-order valence-corrected chi connectivity index (χ3v) is 5.63. The van der Waals surface area contributed by atoms with Gasteiger partial charge in [0.25, 0.3) is 0 Å². The van der Waals surface area contributed by atoms with Crippen molar-refractivity contribution in [2.75, 3.05) is 0 Å². The van der Waals surface area contributed by atoms with Gasteiger partial charge in [-0.3, -0.25) is 9.78 Å². The minimum Gasteiger partial charge on any atom is -0.507 e. The van der Waals surface area contributed by atoms with E-state index in [1.165, 1.54) is 0 Å². The lowest BCUT2D eigenvalue weighted by Gasteiger charge is -2.15. The van der Waals surface area contributed by atoms with Crippen LogP contribution >= 0.6 is 11.8 Å². The van der Waals surface area contributed by atoms with E-state index in [0.717, 1.165) is 15.4 Å². The quantitative estimate of drug-likeness (QED) is 0.460. The number of ether oxygens (including phenoxy) is 1. The van der Waals surface area contributed by atoms with E-state index < -0.39 is 0 Å². The molecule has 5 heteroatoms. The van der Waals surface area contributed by atoms with Crippen LogP contribution in [0, 0.1) is 12.8 Å². The number of benzene rings is 2. The predicted molar refractivity (Wildman–Crippen MR) is 116 cm³/mol. The Kier molecular flexibility index (Phi) is 6.94. The number of hydrogen-bond donors (Lipinski definition) is 1. The van der Waals surface area contributed by atoms with Crippen LogP contribution in [0.1, 0.15) is 41.8 Å². The first-order chi connectivity index (χ1) is 14.0. The standard InChI is InChI=1S/C24H25NO3S/c1-16(2)14-21(26)20-8-9-22(17(3)24(20)27)28-15-18-6-4-5-7-23(18)29-19-10-12-25-13-11-19/h4-13,16,27H,14-15H2,1-3H3. The third-order valence-electron chi connectivity index (χ3n) is 4.51. The molecule has 0 spiro atoms. The first kappa shape index (κ1) is 20.9. The first-order valence-corrected chi connectivity index (χ1v) is 10.4. The second-order valence-corrected chi connectivity index (χ2v) is 8.40. The molecule has 1 N–H and O–H groups in total. The summed E-state index contributed by atoms with van der Waals surface area (Å²) in [5.74, 6) is 0.777. The highest BCUT2D eigenvalue weighted by atomic mass is 32.2. The van der Waals surface area contributed by atoms with Crippen molar-refractivity contribution in [3.63, 3.8) is 0 Å². The molecule has 0 radical (unpaired) electrons. The second-order valence-electron chi connectivity index (χ2n) is 7.29. The largest absolute Gasteiger partial charge is 0.507 e. The zero-order valence-electron chi connectivity index (χ0n) is 16.9. The summed E-state index contributed by atoms with van der Waals surface area (Å²) in [6.45, 7) is 6.11. The van der Waals surface area contributed by atoms with E-state index in [0.29, 0.717) is 29.9 Å². The summed E-state index contributed by atoms with van der Waals surface area (Å²) in [5, 5.41) is 10.5. The maximum Gasteiger partial charge on any atom is 0.166 e. The van der Waals surface area contributed by atoms with Crippen molar-refractivity contribution in [1.82, 2.24) is 4.98 Å². The molecule has 0 saturated carbocycles. The number of ketones is 1. The highest BCUT2D eigenvalue weighted by Gasteiger charge is 2.17. The number of pyridine rings is 1. The van der Waals surface area contributed by atoms with Gasteiger partial charge in [-0.15, -0.1) is 0 Å². The summed E-state index contributed by atoms with van der Waals surface area (Å²) in [7, 11) is 0. The number of carbonyl (C=O) groups excluding carboxylic acids is 1. The summed E-state index contributed by atoms with van der Waals surface area (Å²) in [5.41, 5.74) is 1.99. The molecule has 4 nitrogen and oxygen atoms in total. The Balaban J connectivity index is 1.75. The van der Waals surface area contributed by atoms with Gasteiger partial charge in [0, 0.05) is 39.7 Å². The number of phenolic OH excluding ortho intramolecular Hbond substituents is 1. The van der Waals surface area contributed by atoms with E-state index in [1.54, 1.807) is 43.2 Å². The molecule has 0 saturated heterocycles. The molecule has 0 atom stereocenters. The number of Topliss-reactive ketones (excluding diaryl/α,β-unsaturated/α-hetero) is 1. The number of nitrogens with zero attached hydrogens (tertiary/aromatic N) is 1. The minimum absolute atomic E-state index is 0.00703. The molecule has 0 aliphatic rings. The average Bonchev–Trinajstić information content (AvgIpc) is 2.70. The monoisotopic (exact) mass is 407 g/mol. The molecule has 0 bridgehead atoms. The molecule has 3 aromatic rings. The molecule has 150 valence electrons. The van der Waals surface area contributed by atoms with Crippen molar-refractivity contribution in [3.05, 3.63) is 77.6 Å². The lowest BCUT2D eigenvalue weighted by molar-refractivity contribution is 0.0965. The molecular weight excluding hydrogens is 382 g/mol.